The Morgan fingerprint density at radius 2 is 1.66 bits per heavy atom. The number of carbonyl (C=O) groups excluding carboxylic acids is 3. The van der Waals surface area contributed by atoms with Crippen LogP contribution in [0.25, 0.3) is 0 Å². The maximum absolute atomic E-state index is 15.2. The minimum absolute atomic E-state index is 0.00711. The van der Waals surface area contributed by atoms with Crippen LogP contribution in [-0.2, 0) is 14.3 Å². The van der Waals surface area contributed by atoms with E-state index in [4.69, 9.17) is 14.2 Å². The van der Waals surface area contributed by atoms with Crippen LogP contribution >= 0.6 is 0 Å². The average Bonchev–Trinajstić information content (AvgIpc) is 3.57. The van der Waals surface area contributed by atoms with Crippen LogP contribution in [0, 0.1) is 34.9 Å². The van der Waals surface area contributed by atoms with Gasteiger partial charge in [-0.25, -0.2) is 4.39 Å². The molecule has 3 saturated carbocycles. The lowest BCUT2D eigenvalue weighted by molar-refractivity contribution is -0.169. The molecule has 1 aromatic carbocycles. The van der Waals surface area contributed by atoms with E-state index in [0.29, 0.717) is 31.6 Å². The molecule has 0 saturated heterocycles. The molecule has 2 N–H and O–H groups in total. The molecule has 8 nitrogen and oxygen atoms in total. The van der Waals surface area contributed by atoms with Crippen LogP contribution in [0.1, 0.15) is 117 Å². The summed E-state index contributed by atoms with van der Waals surface area (Å²) in [5.74, 6) is -0.576. The average molecular weight is 617 g/mol. The summed E-state index contributed by atoms with van der Waals surface area (Å²) in [6.07, 6.45) is 6.78. The van der Waals surface area contributed by atoms with Gasteiger partial charge in [-0.05, 0) is 103 Å². The molecule has 246 valence electrons. The van der Waals surface area contributed by atoms with Crippen molar-refractivity contribution in [3.8, 4) is 11.5 Å². The number of carbonyl (C=O) groups is 3. The fourth-order valence-electron chi connectivity index (χ4n) is 7.64. The SMILES string of the molecule is CCC(CC)[C@@H](C)NC(=O)[C@H]1[C@@H]2CC[C@@H](C2)[C@H]1NC(=O)c1cc(OC2CCC(C)(C(=O)OC(C)(C)C)CC2)c(F)cc1OC. The summed E-state index contributed by atoms with van der Waals surface area (Å²) in [6.45, 7) is 13.8. The van der Waals surface area contributed by atoms with Crippen molar-refractivity contribution in [2.45, 2.75) is 130 Å². The minimum atomic E-state index is -0.619. The Bertz CT molecular complexity index is 1200. The fourth-order valence-corrected chi connectivity index (χ4v) is 7.64. The van der Waals surface area contributed by atoms with Gasteiger partial charge in [-0.15, -0.1) is 0 Å². The number of hydrogen-bond acceptors (Lipinski definition) is 6. The number of amides is 2. The number of esters is 1. The molecule has 0 heterocycles. The van der Waals surface area contributed by atoms with Crippen molar-refractivity contribution in [3.05, 3.63) is 23.5 Å². The van der Waals surface area contributed by atoms with Gasteiger partial charge in [-0.3, -0.25) is 14.4 Å². The Morgan fingerprint density at radius 3 is 2.25 bits per heavy atom. The van der Waals surface area contributed by atoms with Crippen molar-refractivity contribution >= 4 is 17.8 Å². The van der Waals surface area contributed by atoms with E-state index in [9.17, 15) is 14.4 Å². The third kappa shape index (κ3) is 7.51. The van der Waals surface area contributed by atoms with E-state index in [1.165, 1.54) is 19.2 Å². The fraction of sp³-hybridized carbons (Fsp3) is 0.743. The molecule has 2 bridgehead atoms. The van der Waals surface area contributed by atoms with E-state index >= 15 is 4.39 Å². The number of rotatable bonds is 11. The number of ether oxygens (including phenoxy) is 3. The summed E-state index contributed by atoms with van der Waals surface area (Å²) in [7, 11) is 1.40. The number of nitrogens with one attached hydrogen (secondary N) is 2. The van der Waals surface area contributed by atoms with Gasteiger partial charge in [0.2, 0.25) is 5.91 Å². The molecule has 4 rings (SSSR count). The molecule has 44 heavy (non-hydrogen) atoms. The van der Waals surface area contributed by atoms with Crippen molar-refractivity contribution in [2.24, 2.45) is 29.1 Å². The normalized spacial score (nSPS) is 28.8. The van der Waals surface area contributed by atoms with Crippen LogP contribution in [-0.4, -0.2) is 48.7 Å². The third-order valence-electron chi connectivity index (χ3n) is 10.4. The number of halogens is 1. The minimum Gasteiger partial charge on any atom is -0.496 e. The second-order valence-electron chi connectivity index (χ2n) is 14.6. The van der Waals surface area contributed by atoms with Crippen LogP contribution in [0.2, 0.25) is 0 Å². The van der Waals surface area contributed by atoms with Crippen LogP contribution in [0.5, 0.6) is 11.5 Å². The Balaban J connectivity index is 1.45. The van der Waals surface area contributed by atoms with E-state index < -0.39 is 22.7 Å². The molecular formula is C35H53FN2O6. The topological polar surface area (TPSA) is 103 Å². The first kappa shape index (κ1) is 34.0. The van der Waals surface area contributed by atoms with Gasteiger partial charge in [0.1, 0.15) is 11.4 Å². The van der Waals surface area contributed by atoms with Crippen molar-refractivity contribution < 1.29 is 33.0 Å². The van der Waals surface area contributed by atoms with Crippen molar-refractivity contribution in [1.29, 1.82) is 0 Å². The van der Waals surface area contributed by atoms with E-state index in [-0.39, 0.29) is 64.9 Å². The van der Waals surface area contributed by atoms with E-state index in [0.717, 1.165) is 32.1 Å². The van der Waals surface area contributed by atoms with E-state index in [1.807, 2.05) is 27.7 Å². The van der Waals surface area contributed by atoms with Gasteiger partial charge in [0.25, 0.3) is 5.91 Å². The first-order valence-electron chi connectivity index (χ1n) is 16.6. The van der Waals surface area contributed by atoms with Crippen molar-refractivity contribution in [3.63, 3.8) is 0 Å². The highest BCUT2D eigenvalue weighted by atomic mass is 19.1. The Labute approximate surface area is 262 Å². The number of benzene rings is 1. The zero-order chi connectivity index (χ0) is 32.4. The summed E-state index contributed by atoms with van der Waals surface area (Å²) < 4.78 is 32.3. The largest absolute Gasteiger partial charge is 0.496 e. The monoisotopic (exact) mass is 616 g/mol. The Morgan fingerprint density at radius 1 is 1.02 bits per heavy atom. The predicted molar refractivity (Wildman–Crippen MR) is 167 cm³/mol. The zero-order valence-corrected chi connectivity index (χ0v) is 27.9. The van der Waals surface area contributed by atoms with Gasteiger partial charge < -0.3 is 24.8 Å². The van der Waals surface area contributed by atoms with Gasteiger partial charge >= 0.3 is 5.97 Å². The molecule has 0 aliphatic heterocycles. The van der Waals surface area contributed by atoms with Crippen LogP contribution in [0.15, 0.2) is 12.1 Å². The van der Waals surface area contributed by atoms with Crippen molar-refractivity contribution in [1.82, 2.24) is 10.6 Å². The van der Waals surface area contributed by atoms with Gasteiger partial charge in [-0.1, -0.05) is 26.7 Å². The van der Waals surface area contributed by atoms with Crippen LogP contribution < -0.4 is 20.1 Å². The highest BCUT2D eigenvalue weighted by Gasteiger charge is 2.52. The number of methoxy groups -OCH3 is 1. The third-order valence-corrected chi connectivity index (χ3v) is 10.4. The Hall–Kier alpha value is -2.84. The van der Waals surface area contributed by atoms with E-state index in [2.05, 4.69) is 31.4 Å². The quantitative estimate of drug-likeness (QED) is 0.272. The molecule has 0 aromatic heterocycles. The molecular weight excluding hydrogens is 563 g/mol. The summed E-state index contributed by atoms with van der Waals surface area (Å²) in [4.78, 5) is 40.1. The smallest absolute Gasteiger partial charge is 0.312 e. The number of fused-ring (bicyclic) bond motifs is 2. The Kier molecular flexibility index (Phi) is 10.6. The molecule has 1 aromatic rings. The second-order valence-corrected chi connectivity index (χ2v) is 14.6. The zero-order valence-electron chi connectivity index (χ0n) is 27.9. The summed E-state index contributed by atoms with van der Waals surface area (Å²) in [5.41, 5.74) is -1.01. The maximum atomic E-state index is 15.2. The maximum Gasteiger partial charge on any atom is 0.312 e. The second kappa shape index (κ2) is 13.7. The number of hydrogen-bond donors (Lipinski definition) is 2. The molecule has 0 radical (unpaired) electrons. The molecule has 0 unspecified atom stereocenters. The highest BCUT2D eigenvalue weighted by molar-refractivity contribution is 5.98. The lowest BCUT2D eigenvalue weighted by Crippen LogP contribution is -2.52. The first-order chi connectivity index (χ1) is 20.7. The molecule has 3 aliphatic rings. The predicted octanol–water partition coefficient (Wildman–Crippen LogP) is 6.59. The van der Waals surface area contributed by atoms with Gasteiger partial charge in [0.05, 0.1) is 30.1 Å². The summed E-state index contributed by atoms with van der Waals surface area (Å²) >= 11 is 0. The molecule has 3 fully saturated rings. The first-order valence-corrected chi connectivity index (χ1v) is 16.6. The van der Waals surface area contributed by atoms with Gasteiger partial charge in [0, 0.05) is 18.2 Å². The van der Waals surface area contributed by atoms with Gasteiger partial charge in [0.15, 0.2) is 11.6 Å². The summed E-state index contributed by atoms with van der Waals surface area (Å²) in [5, 5.41) is 6.39. The van der Waals surface area contributed by atoms with Crippen molar-refractivity contribution in [2.75, 3.05) is 7.11 Å². The van der Waals surface area contributed by atoms with Crippen LogP contribution in [0.3, 0.4) is 0 Å². The molecule has 3 aliphatic carbocycles. The lowest BCUT2D eigenvalue weighted by Gasteiger charge is -2.37. The van der Waals surface area contributed by atoms with Gasteiger partial charge in [-0.2, -0.15) is 0 Å². The molecule has 2 amide bonds. The molecule has 0 spiro atoms. The molecule has 9 heteroatoms. The summed E-state index contributed by atoms with van der Waals surface area (Å²) in [6, 6.07) is 2.35. The van der Waals surface area contributed by atoms with Crippen LogP contribution in [0.4, 0.5) is 4.39 Å². The lowest BCUT2D eigenvalue weighted by atomic mass is 9.74. The molecule has 5 atom stereocenters. The van der Waals surface area contributed by atoms with E-state index in [1.54, 1.807) is 0 Å². The highest BCUT2D eigenvalue weighted by Crippen LogP contribution is 2.49. The standard InChI is InChI=1S/C35H53FN2O6/c1-9-21(10-2)20(3)37-32(40)29-22-11-12-23(17-22)30(29)38-31(39)25-18-28(26(36)19-27(25)42-8)43-24-13-15-35(7,16-14-24)33(41)44-34(4,5)6/h18-24,29-30H,9-17H2,1-8H3,(H,37,40)(H,38,39)/t20-,22-,23+,24?,29+,30-,35?/m1/s1.